The van der Waals surface area contributed by atoms with Crippen LogP contribution in [0.5, 0.6) is 17.2 Å². The van der Waals surface area contributed by atoms with E-state index in [2.05, 4.69) is 0 Å². The third-order valence-electron chi connectivity index (χ3n) is 3.37. The highest BCUT2D eigenvalue weighted by Crippen LogP contribution is 2.27. The summed E-state index contributed by atoms with van der Waals surface area (Å²) in [5, 5.41) is 0. The Kier molecular flexibility index (Phi) is 5.78. The van der Waals surface area contributed by atoms with Gasteiger partial charge in [-0.05, 0) is 42.5 Å². The van der Waals surface area contributed by atoms with Gasteiger partial charge < -0.3 is 18.9 Å². The minimum atomic E-state index is -0.613. The number of methoxy groups -OCH3 is 3. The normalized spacial score (nSPS) is 9.96. The lowest BCUT2D eigenvalue weighted by Crippen LogP contribution is -2.14. The first-order valence-corrected chi connectivity index (χ1v) is 7.15. The molecular weight excluding hydrogens is 312 g/mol. The summed E-state index contributed by atoms with van der Waals surface area (Å²) in [7, 11) is 4.52. The summed E-state index contributed by atoms with van der Waals surface area (Å²) in [6, 6.07) is 11.2. The Bertz CT molecular complexity index is 721. The first-order valence-electron chi connectivity index (χ1n) is 7.15. The van der Waals surface area contributed by atoms with Crippen LogP contribution in [0.15, 0.2) is 42.5 Å². The second-order valence-corrected chi connectivity index (χ2v) is 4.80. The number of ether oxygens (including phenoxy) is 4. The summed E-state index contributed by atoms with van der Waals surface area (Å²) in [4.78, 5) is 24.1. The van der Waals surface area contributed by atoms with Crippen LogP contribution in [0.4, 0.5) is 0 Å². The predicted molar refractivity (Wildman–Crippen MR) is 87.2 cm³/mol. The van der Waals surface area contributed by atoms with E-state index >= 15 is 0 Å². The lowest BCUT2D eigenvalue weighted by molar-refractivity contribution is 0.0474. The van der Waals surface area contributed by atoms with Crippen molar-refractivity contribution in [3.05, 3.63) is 53.6 Å². The molecule has 0 aliphatic rings. The zero-order chi connectivity index (χ0) is 17.5. The Labute approximate surface area is 139 Å². The molecule has 0 amide bonds. The van der Waals surface area contributed by atoms with Crippen molar-refractivity contribution in [2.75, 3.05) is 27.9 Å². The number of Topliss-reactive ketones (excluding diaryl/α,β-unsaturated/α-hetero) is 1. The Hall–Kier alpha value is -3.02. The van der Waals surface area contributed by atoms with Crippen LogP contribution in [-0.2, 0) is 4.74 Å². The van der Waals surface area contributed by atoms with Gasteiger partial charge in [-0.2, -0.15) is 0 Å². The molecule has 0 aromatic heterocycles. The van der Waals surface area contributed by atoms with E-state index < -0.39 is 5.97 Å². The largest absolute Gasteiger partial charge is 0.497 e. The molecular formula is C18H18O6. The van der Waals surface area contributed by atoms with Crippen molar-refractivity contribution < 1.29 is 28.5 Å². The lowest BCUT2D eigenvalue weighted by atomic mass is 10.1. The molecule has 0 fully saturated rings. The third kappa shape index (κ3) is 4.04. The molecule has 0 bridgehead atoms. The number of ketones is 1. The second-order valence-electron chi connectivity index (χ2n) is 4.80. The van der Waals surface area contributed by atoms with E-state index in [4.69, 9.17) is 18.9 Å². The van der Waals surface area contributed by atoms with Crippen LogP contribution in [-0.4, -0.2) is 39.7 Å². The molecule has 0 heterocycles. The van der Waals surface area contributed by atoms with E-state index in [1.165, 1.54) is 20.3 Å². The Morgan fingerprint density at radius 2 is 1.42 bits per heavy atom. The predicted octanol–water partition coefficient (Wildman–Crippen LogP) is 2.75. The van der Waals surface area contributed by atoms with Gasteiger partial charge in [-0.15, -0.1) is 0 Å². The first-order chi connectivity index (χ1) is 11.6. The fraction of sp³-hybridized carbons (Fsp3) is 0.222. The summed E-state index contributed by atoms with van der Waals surface area (Å²) >= 11 is 0. The molecule has 0 saturated heterocycles. The maximum Gasteiger partial charge on any atom is 0.338 e. The van der Waals surface area contributed by atoms with Crippen molar-refractivity contribution in [1.82, 2.24) is 0 Å². The average molecular weight is 330 g/mol. The zero-order valence-electron chi connectivity index (χ0n) is 13.7. The van der Waals surface area contributed by atoms with Crippen molar-refractivity contribution in [2.24, 2.45) is 0 Å². The zero-order valence-corrected chi connectivity index (χ0v) is 13.7. The summed E-state index contributed by atoms with van der Waals surface area (Å²) in [6.45, 7) is -0.348. The molecule has 6 nitrogen and oxygen atoms in total. The average Bonchev–Trinajstić information content (AvgIpc) is 2.65. The van der Waals surface area contributed by atoms with Crippen molar-refractivity contribution in [3.63, 3.8) is 0 Å². The van der Waals surface area contributed by atoms with Crippen molar-refractivity contribution in [3.8, 4) is 17.2 Å². The fourth-order valence-electron chi connectivity index (χ4n) is 2.04. The standard InChI is InChI=1S/C18H18O6/c1-21-14-7-4-12(5-8-14)15(19)11-24-18(20)13-6-9-16(22-2)17(10-13)23-3/h4-10H,11H2,1-3H3. The number of hydrogen-bond donors (Lipinski definition) is 0. The van der Waals surface area contributed by atoms with Gasteiger partial charge in [0.05, 0.1) is 26.9 Å². The van der Waals surface area contributed by atoms with Crippen LogP contribution in [0.1, 0.15) is 20.7 Å². The van der Waals surface area contributed by atoms with Gasteiger partial charge in [-0.25, -0.2) is 4.79 Å². The smallest absolute Gasteiger partial charge is 0.338 e. The Morgan fingerprint density at radius 1 is 0.792 bits per heavy atom. The van der Waals surface area contributed by atoms with Crippen LogP contribution in [0.25, 0.3) is 0 Å². The van der Waals surface area contributed by atoms with E-state index in [9.17, 15) is 9.59 Å². The summed E-state index contributed by atoms with van der Waals surface area (Å²) in [6.07, 6.45) is 0. The Morgan fingerprint density at radius 3 is 2.00 bits per heavy atom. The first kappa shape index (κ1) is 17.3. The molecule has 2 rings (SSSR count). The number of carbonyl (C=O) groups is 2. The number of rotatable bonds is 7. The minimum absolute atomic E-state index is 0.273. The third-order valence-corrected chi connectivity index (χ3v) is 3.37. The van der Waals surface area contributed by atoms with Gasteiger partial charge in [-0.1, -0.05) is 0 Å². The molecule has 0 N–H and O–H groups in total. The molecule has 2 aromatic rings. The summed E-state index contributed by atoms with van der Waals surface area (Å²) < 4.78 is 20.3. The van der Waals surface area contributed by atoms with E-state index in [0.717, 1.165) is 0 Å². The van der Waals surface area contributed by atoms with E-state index in [1.807, 2.05) is 0 Å². The van der Waals surface area contributed by atoms with Crippen molar-refractivity contribution in [1.29, 1.82) is 0 Å². The molecule has 0 saturated carbocycles. The molecule has 24 heavy (non-hydrogen) atoms. The molecule has 0 unspecified atom stereocenters. The molecule has 0 aliphatic heterocycles. The maximum absolute atomic E-state index is 12.1. The minimum Gasteiger partial charge on any atom is -0.497 e. The molecule has 6 heteroatoms. The van der Waals surface area contributed by atoms with E-state index in [0.29, 0.717) is 22.8 Å². The quantitative estimate of drug-likeness (QED) is 0.574. The maximum atomic E-state index is 12.1. The molecule has 0 radical (unpaired) electrons. The van der Waals surface area contributed by atoms with Gasteiger partial charge in [0.15, 0.2) is 23.9 Å². The number of carbonyl (C=O) groups excluding carboxylic acids is 2. The van der Waals surface area contributed by atoms with Gasteiger partial charge in [0, 0.05) is 5.56 Å². The van der Waals surface area contributed by atoms with Gasteiger partial charge in [0.1, 0.15) is 5.75 Å². The van der Waals surface area contributed by atoms with E-state index in [-0.39, 0.29) is 18.0 Å². The molecule has 0 aliphatic carbocycles. The lowest BCUT2D eigenvalue weighted by Gasteiger charge is -2.09. The topological polar surface area (TPSA) is 71.1 Å². The van der Waals surface area contributed by atoms with Crippen molar-refractivity contribution in [2.45, 2.75) is 0 Å². The molecule has 2 aromatic carbocycles. The summed E-state index contributed by atoms with van der Waals surface area (Å²) in [5.41, 5.74) is 0.714. The highest BCUT2D eigenvalue weighted by molar-refractivity contribution is 5.99. The number of benzene rings is 2. The number of hydrogen-bond acceptors (Lipinski definition) is 6. The van der Waals surface area contributed by atoms with Crippen molar-refractivity contribution >= 4 is 11.8 Å². The van der Waals surface area contributed by atoms with E-state index in [1.54, 1.807) is 43.5 Å². The molecule has 126 valence electrons. The van der Waals surface area contributed by atoms with Crippen LogP contribution in [0.3, 0.4) is 0 Å². The van der Waals surface area contributed by atoms with Gasteiger partial charge in [0.2, 0.25) is 0 Å². The van der Waals surface area contributed by atoms with Crippen LogP contribution >= 0.6 is 0 Å². The molecule has 0 spiro atoms. The Balaban J connectivity index is 2.00. The van der Waals surface area contributed by atoms with Gasteiger partial charge >= 0.3 is 5.97 Å². The number of esters is 1. The van der Waals surface area contributed by atoms with Crippen LogP contribution < -0.4 is 14.2 Å². The van der Waals surface area contributed by atoms with Gasteiger partial charge in [-0.3, -0.25) is 4.79 Å². The highest BCUT2D eigenvalue weighted by atomic mass is 16.5. The highest BCUT2D eigenvalue weighted by Gasteiger charge is 2.14. The summed E-state index contributed by atoms with van der Waals surface area (Å²) in [5.74, 6) is 0.648. The SMILES string of the molecule is COc1ccc(C(=O)COC(=O)c2ccc(OC)c(OC)c2)cc1. The van der Waals surface area contributed by atoms with Gasteiger partial charge in [0.25, 0.3) is 0 Å². The molecule has 0 atom stereocenters. The fourth-order valence-corrected chi connectivity index (χ4v) is 2.04. The van der Waals surface area contributed by atoms with Crippen LogP contribution in [0.2, 0.25) is 0 Å². The van der Waals surface area contributed by atoms with Crippen LogP contribution in [0, 0.1) is 0 Å². The second kappa shape index (κ2) is 8.01. The monoisotopic (exact) mass is 330 g/mol.